The molecule has 3 heterocycles. The van der Waals surface area contributed by atoms with Gasteiger partial charge in [-0.1, -0.05) is 11.2 Å². The van der Waals surface area contributed by atoms with E-state index in [0.717, 1.165) is 4.88 Å². The molecule has 9 heteroatoms. The third-order valence-corrected chi connectivity index (χ3v) is 5.46. The molecular formula is C15H18N4O3S2. The Morgan fingerprint density at radius 2 is 2.08 bits per heavy atom. The Hall–Kier alpha value is -1.97. The fourth-order valence-electron chi connectivity index (χ4n) is 2.35. The van der Waals surface area contributed by atoms with Gasteiger partial charge in [0.25, 0.3) is 0 Å². The van der Waals surface area contributed by atoms with Crippen molar-refractivity contribution in [3.05, 3.63) is 58.6 Å². The molecule has 7 nitrogen and oxygen atoms in total. The molecule has 0 saturated heterocycles. The summed E-state index contributed by atoms with van der Waals surface area (Å²) in [5, 5.41) is 6.05. The van der Waals surface area contributed by atoms with E-state index in [9.17, 15) is 8.42 Å². The molecular weight excluding hydrogens is 348 g/mol. The van der Waals surface area contributed by atoms with Crippen molar-refractivity contribution in [2.45, 2.75) is 18.5 Å². The number of hydrogen-bond acceptors (Lipinski definition) is 7. The molecule has 0 fully saturated rings. The van der Waals surface area contributed by atoms with E-state index < -0.39 is 15.9 Å². The van der Waals surface area contributed by atoms with Crippen molar-refractivity contribution < 1.29 is 12.9 Å². The first-order valence-corrected chi connectivity index (χ1v) is 10.3. The third kappa shape index (κ3) is 3.92. The van der Waals surface area contributed by atoms with Gasteiger partial charge in [-0.05, 0) is 30.0 Å². The van der Waals surface area contributed by atoms with Gasteiger partial charge in [-0.25, -0.2) is 8.42 Å². The lowest BCUT2D eigenvalue weighted by atomic mass is 10.2. The second-order valence-electron chi connectivity index (χ2n) is 5.56. The highest BCUT2D eigenvalue weighted by Gasteiger charge is 2.24. The molecule has 2 atom stereocenters. The van der Waals surface area contributed by atoms with E-state index in [2.05, 4.69) is 10.1 Å². The van der Waals surface area contributed by atoms with Gasteiger partial charge in [-0.2, -0.15) is 4.98 Å². The number of nitrogens with two attached hydrogens (primary N) is 1. The minimum absolute atomic E-state index is 0.0160. The number of thiophene rings is 1. The Kier molecular flexibility index (Phi) is 4.83. The molecule has 0 saturated carbocycles. The van der Waals surface area contributed by atoms with Crippen LogP contribution in [0.2, 0.25) is 0 Å². The van der Waals surface area contributed by atoms with Crippen LogP contribution in [0.15, 0.2) is 46.6 Å². The first-order valence-electron chi connectivity index (χ1n) is 7.37. The zero-order valence-corrected chi connectivity index (χ0v) is 14.7. The second-order valence-corrected chi connectivity index (χ2v) is 8.80. The van der Waals surface area contributed by atoms with Crippen LogP contribution >= 0.6 is 11.3 Å². The van der Waals surface area contributed by atoms with Crippen molar-refractivity contribution in [3.63, 3.8) is 0 Å². The molecule has 2 N–H and O–H groups in total. The normalized spacial score (nSPS) is 14.6. The van der Waals surface area contributed by atoms with Crippen LogP contribution in [0.1, 0.15) is 35.1 Å². The molecule has 0 amide bonds. The maximum atomic E-state index is 11.3. The number of rotatable bonds is 7. The number of nitrogens with zero attached hydrogens (tertiary/aromatic N) is 3. The predicted octanol–water partition coefficient (Wildman–Crippen LogP) is 2.00. The number of sulfone groups is 1. The van der Waals surface area contributed by atoms with Crippen molar-refractivity contribution >= 4 is 21.2 Å². The molecule has 0 radical (unpaired) electrons. The molecule has 3 rings (SSSR count). The summed E-state index contributed by atoms with van der Waals surface area (Å²) in [5.74, 6) is 0.735. The largest absolute Gasteiger partial charge is 0.339 e. The average Bonchev–Trinajstić information content (AvgIpc) is 3.27. The zero-order valence-electron chi connectivity index (χ0n) is 13.1. The molecule has 128 valence electrons. The summed E-state index contributed by atoms with van der Waals surface area (Å²) < 4.78 is 29.8. The van der Waals surface area contributed by atoms with Gasteiger partial charge in [0.15, 0.2) is 5.82 Å². The van der Waals surface area contributed by atoms with E-state index in [0.29, 0.717) is 5.82 Å². The molecule has 0 unspecified atom stereocenters. The Morgan fingerprint density at radius 3 is 2.71 bits per heavy atom. The minimum atomic E-state index is -3.08. The molecule has 0 aliphatic carbocycles. The quantitative estimate of drug-likeness (QED) is 0.686. The molecule has 24 heavy (non-hydrogen) atoms. The summed E-state index contributed by atoms with van der Waals surface area (Å²) in [7, 11) is -3.08. The Morgan fingerprint density at radius 1 is 1.33 bits per heavy atom. The van der Waals surface area contributed by atoms with Crippen LogP contribution in [0.3, 0.4) is 0 Å². The monoisotopic (exact) mass is 366 g/mol. The van der Waals surface area contributed by atoms with Crippen molar-refractivity contribution in [3.8, 4) is 0 Å². The highest BCUT2D eigenvalue weighted by Crippen LogP contribution is 2.29. The fourth-order valence-corrected chi connectivity index (χ4v) is 3.86. The first-order chi connectivity index (χ1) is 11.4. The summed E-state index contributed by atoms with van der Waals surface area (Å²) in [6.45, 7) is 0. The van der Waals surface area contributed by atoms with E-state index in [4.69, 9.17) is 10.3 Å². The van der Waals surface area contributed by atoms with E-state index >= 15 is 0 Å². The molecule has 0 aromatic carbocycles. The van der Waals surface area contributed by atoms with Crippen LogP contribution in [-0.2, 0) is 9.84 Å². The Labute approximate surface area is 144 Å². The van der Waals surface area contributed by atoms with E-state index in [1.54, 1.807) is 11.3 Å². The Balaban J connectivity index is 1.84. The molecule has 0 aliphatic rings. The molecule has 0 spiro atoms. The summed E-state index contributed by atoms with van der Waals surface area (Å²) in [5.41, 5.74) is 5.99. The SMILES string of the molecule is CS(=O)(=O)CC[C@H](N)c1nc([C@H](c2cccs2)n2cccc2)no1. The van der Waals surface area contributed by atoms with Crippen molar-refractivity contribution in [1.82, 2.24) is 14.7 Å². The standard InChI is InChI=1S/C15H18N4O3S2/c1-24(20,21)10-6-11(16)15-17-14(18-22-15)13(12-5-4-9-23-12)19-7-2-3-8-19/h2-5,7-9,11,13H,6,10,16H2,1H3/t11-,13-/m0/s1. The lowest BCUT2D eigenvalue weighted by Crippen LogP contribution is -2.16. The maximum Gasteiger partial charge on any atom is 0.243 e. The fraction of sp³-hybridized carbons (Fsp3) is 0.333. The summed E-state index contributed by atoms with van der Waals surface area (Å²) in [4.78, 5) is 5.48. The Bertz CT molecular complexity index is 836. The molecule has 3 aromatic heterocycles. The average molecular weight is 366 g/mol. The molecule has 3 aromatic rings. The summed E-state index contributed by atoms with van der Waals surface area (Å²) in [6, 6.07) is 7.04. The van der Waals surface area contributed by atoms with Crippen LogP contribution in [0.25, 0.3) is 0 Å². The molecule has 0 aliphatic heterocycles. The van der Waals surface area contributed by atoms with Gasteiger partial charge >= 0.3 is 0 Å². The lowest BCUT2D eigenvalue weighted by molar-refractivity contribution is 0.346. The van der Waals surface area contributed by atoms with Crippen LogP contribution in [-0.4, -0.2) is 35.1 Å². The highest BCUT2D eigenvalue weighted by atomic mass is 32.2. The van der Waals surface area contributed by atoms with Gasteiger partial charge < -0.3 is 14.8 Å². The number of aromatic nitrogens is 3. The summed E-state index contributed by atoms with van der Waals surface area (Å²) in [6.07, 6.45) is 5.29. The van der Waals surface area contributed by atoms with Crippen LogP contribution in [0.4, 0.5) is 0 Å². The van der Waals surface area contributed by atoms with Gasteiger partial charge in [-0.3, -0.25) is 0 Å². The third-order valence-electron chi connectivity index (χ3n) is 3.56. The maximum absolute atomic E-state index is 11.3. The van der Waals surface area contributed by atoms with Gasteiger partial charge in [0.1, 0.15) is 15.9 Å². The van der Waals surface area contributed by atoms with Crippen LogP contribution in [0.5, 0.6) is 0 Å². The van der Waals surface area contributed by atoms with Gasteiger partial charge in [0.2, 0.25) is 5.89 Å². The van der Waals surface area contributed by atoms with Crippen molar-refractivity contribution in [2.24, 2.45) is 5.73 Å². The first kappa shape index (κ1) is 16.9. The smallest absolute Gasteiger partial charge is 0.243 e. The second kappa shape index (κ2) is 6.88. The van der Waals surface area contributed by atoms with E-state index in [-0.39, 0.29) is 24.1 Å². The van der Waals surface area contributed by atoms with E-state index in [1.165, 1.54) is 6.26 Å². The van der Waals surface area contributed by atoms with Crippen LogP contribution in [0, 0.1) is 0 Å². The van der Waals surface area contributed by atoms with Gasteiger partial charge in [0.05, 0.1) is 11.8 Å². The van der Waals surface area contributed by atoms with Gasteiger partial charge in [0, 0.05) is 23.5 Å². The lowest BCUT2D eigenvalue weighted by Gasteiger charge is -2.13. The highest BCUT2D eigenvalue weighted by molar-refractivity contribution is 7.90. The van der Waals surface area contributed by atoms with Crippen LogP contribution < -0.4 is 5.73 Å². The molecule has 0 bridgehead atoms. The van der Waals surface area contributed by atoms with E-state index in [1.807, 2.05) is 46.6 Å². The topological polar surface area (TPSA) is 104 Å². The minimum Gasteiger partial charge on any atom is -0.339 e. The van der Waals surface area contributed by atoms with Gasteiger partial charge in [-0.15, -0.1) is 11.3 Å². The van der Waals surface area contributed by atoms with Crippen molar-refractivity contribution in [2.75, 3.05) is 12.0 Å². The predicted molar refractivity (Wildman–Crippen MR) is 91.5 cm³/mol. The number of hydrogen-bond donors (Lipinski definition) is 1. The van der Waals surface area contributed by atoms with Crippen molar-refractivity contribution in [1.29, 1.82) is 0 Å². The summed E-state index contributed by atoms with van der Waals surface area (Å²) >= 11 is 1.60. The zero-order chi connectivity index (χ0) is 17.2.